The fourth-order valence-electron chi connectivity index (χ4n) is 3.91. The zero-order chi connectivity index (χ0) is 18.4. The number of benzene rings is 1. The van der Waals surface area contributed by atoms with E-state index in [2.05, 4.69) is 42.2 Å². The van der Waals surface area contributed by atoms with Gasteiger partial charge in [-0.15, -0.1) is 0 Å². The first-order valence-corrected chi connectivity index (χ1v) is 9.25. The molecule has 0 unspecified atom stereocenters. The number of pyridine rings is 2. The standard InChI is InChI=1S/C22H21ClN2O/c1-13-6-4-5-7-16(13)17-11-18(17)19-10-15(3)25(22(26)21(19)23)20-8-9-24-12-14(20)2/h4-10,12,17-18H,11H2,1-3H3/t17-,18+/m1/s1. The number of halogens is 1. The highest BCUT2D eigenvalue weighted by Gasteiger charge is 2.42. The molecular formula is C22H21ClN2O. The summed E-state index contributed by atoms with van der Waals surface area (Å²) in [5, 5.41) is 0.341. The molecule has 1 aliphatic rings. The second-order valence-electron chi connectivity index (χ2n) is 7.16. The van der Waals surface area contributed by atoms with Crippen LogP contribution in [0.4, 0.5) is 0 Å². The second kappa shape index (κ2) is 6.40. The van der Waals surface area contributed by atoms with Crippen molar-refractivity contribution < 1.29 is 0 Å². The molecule has 2 aromatic heterocycles. The smallest absolute Gasteiger partial charge is 0.274 e. The Morgan fingerprint density at radius 3 is 2.50 bits per heavy atom. The Kier molecular flexibility index (Phi) is 4.20. The highest BCUT2D eigenvalue weighted by molar-refractivity contribution is 6.31. The molecule has 0 radical (unpaired) electrons. The van der Waals surface area contributed by atoms with Crippen LogP contribution < -0.4 is 5.56 Å². The van der Waals surface area contributed by atoms with E-state index in [-0.39, 0.29) is 5.56 Å². The van der Waals surface area contributed by atoms with Gasteiger partial charge in [0.25, 0.3) is 5.56 Å². The zero-order valence-electron chi connectivity index (χ0n) is 15.2. The van der Waals surface area contributed by atoms with E-state index in [4.69, 9.17) is 11.6 Å². The average Bonchev–Trinajstić information content (AvgIpc) is 3.40. The fraction of sp³-hybridized carbons (Fsp3) is 0.273. The van der Waals surface area contributed by atoms with Crippen LogP contribution in [0.5, 0.6) is 0 Å². The summed E-state index contributed by atoms with van der Waals surface area (Å²) in [4.78, 5) is 17.1. The van der Waals surface area contributed by atoms with Gasteiger partial charge in [-0.05, 0) is 73.4 Å². The lowest BCUT2D eigenvalue weighted by molar-refractivity contribution is 0.895. The predicted molar refractivity (Wildman–Crippen MR) is 106 cm³/mol. The first kappa shape index (κ1) is 17.0. The molecule has 4 heteroatoms. The van der Waals surface area contributed by atoms with Crippen molar-refractivity contribution >= 4 is 11.6 Å². The van der Waals surface area contributed by atoms with Gasteiger partial charge in [0.2, 0.25) is 0 Å². The molecule has 0 bridgehead atoms. The third-order valence-corrected chi connectivity index (χ3v) is 5.75. The maximum Gasteiger partial charge on any atom is 0.274 e. The number of rotatable bonds is 3. The Hall–Kier alpha value is -2.39. The second-order valence-corrected chi connectivity index (χ2v) is 7.54. The van der Waals surface area contributed by atoms with Crippen molar-refractivity contribution in [3.8, 4) is 5.69 Å². The van der Waals surface area contributed by atoms with Crippen molar-refractivity contribution in [3.05, 3.63) is 92.1 Å². The molecule has 3 aromatic rings. The van der Waals surface area contributed by atoms with E-state index in [9.17, 15) is 4.79 Å². The van der Waals surface area contributed by atoms with Crippen LogP contribution in [-0.2, 0) is 0 Å². The lowest BCUT2D eigenvalue weighted by Gasteiger charge is -2.15. The van der Waals surface area contributed by atoms with Crippen LogP contribution in [0.25, 0.3) is 5.69 Å². The molecule has 1 fully saturated rings. The molecule has 2 heterocycles. The Balaban J connectivity index is 1.76. The van der Waals surface area contributed by atoms with E-state index in [1.165, 1.54) is 11.1 Å². The first-order chi connectivity index (χ1) is 12.5. The number of hydrogen-bond acceptors (Lipinski definition) is 2. The van der Waals surface area contributed by atoms with Crippen molar-refractivity contribution in [1.29, 1.82) is 0 Å². The monoisotopic (exact) mass is 364 g/mol. The minimum atomic E-state index is -0.147. The minimum Gasteiger partial charge on any atom is -0.280 e. The summed E-state index contributed by atoms with van der Waals surface area (Å²) >= 11 is 6.55. The summed E-state index contributed by atoms with van der Waals surface area (Å²) in [6, 6.07) is 12.4. The van der Waals surface area contributed by atoms with Crippen molar-refractivity contribution in [1.82, 2.24) is 9.55 Å². The van der Waals surface area contributed by atoms with E-state index in [1.54, 1.807) is 17.0 Å². The fourth-order valence-corrected chi connectivity index (χ4v) is 4.19. The van der Waals surface area contributed by atoms with Crippen molar-refractivity contribution in [3.63, 3.8) is 0 Å². The lowest BCUT2D eigenvalue weighted by Crippen LogP contribution is -2.23. The summed E-state index contributed by atoms with van der Waals surface area (Å²) in [7, 11) is 0. The summed E-state index contributed by atoms with van der Waals surface area (Å²) < 4.78 is 1.69. The van der Waals surface area contributed by atoms with Crippen molar-refractivity contribution in [2.45, 2.75) is 39.0 Å². The molecule has 0 amide bonds. The third-order valence-electron chi connectivity index (χ3n) is 5.37. The molecule has 0 N–H and O–H groups in total. The lowest BCUT2D eigenvalue weighted by atomic mass is 10.0. The molecule has 132 valence electrons. The molecule has 1 saturated carbocycles. The summed E-state index contributed by atoms with van der Waals surface area (Å²) in [5.41, 5.74) is 6.18. The summed E-state index contributed by atoms with van der Waals surface area (Å²) in [5.74, 6) is 0.772. The predicted octanol–water partition coefficient (Wildman–Crippen LogP) is 5.08. The molecule has 26 heavy (non-hydrogen) atoms. The number of aromatic nitrogens is 2. The topological polar surface area (TPSA) is 34.9 Å². The van der Waals surface area contributed by atoms with Crippen LogP contribution >= 0.6 is 11.6 Å². The maximum absolute atomic E-state index is 13.0. The number of aryl methyl sites for hydroxylation is 3. The van der Waals surface area contributed by atoms with Gasteiger partial charge in [-0.2, -0.15) is 0 Å². The molecular weight excluding hydrogens is 344 g/mol. The maximum atomic E-state index is 13.0. The summed E-state index contributed by atoms with van der Waals surface area (Å²) in [6.07, 6.45) is 4.50. The van der Waals surface area contributed by atoms with Crippen LogP contribution in [0.15, 0.2) is 53.6 Å². The largest absolute Gasteiger partial charge is 0.280 e. The molecule has 3 nitrogen and oxygen atoms in total. The van der Waals surface area contributed by atoms with Gasteiger partial charge in [0.1, 0.15) is 5.02 Å². The van der Waals surface area contributed by atoms with E-state index in [0.29, 0.717) is 16.9 Å². The van der Waals surface area contributed by atoms with Gasteiger partial charge in [-0.1, -0.05) is 35.9 Å². The van der Waals surface area contributed by atoms with Crippen molar-refractivity contribution in [2.24, 2.45) is 0 Å². The van der Waals surface area contributed by atoms with Gasteiger partial charge in [0, 0.05) is 18.1 Å². The first-order valence-electron chi connectivity index (χ1n) is 8.87. The quantitative estimate of drug-likeness (QED) is 0.649. The molecule has 0 aliphatic heterocycles. The Morgan fingerprint density at radius 2 is 1.77 bits per heavy atom. The van der Waals surface area contributed by atoms with Crippen LogP contribution in [-0.4, -0.2) is 9.55 Å². The van der Waals surface area contributed by atoms with E-state index >= 15 is 0 Å². The third kappa shape index (κ3) is 2.77. The van der Waals surface area contributed by atoms with Crippen LogP contribution in [0.1, 0.15) is 46.2 Å². The minimum absolute atomic E-state index is 0.147. The van der Waals surface area contributed by atoms with E-state index < -0.39 is 0 Å². The molecule has 1 aromatic carbocycles. The average molecular weight is 365 g/mol. The van der Waals surface area contributed by atoms with Gasteiger partial charge in [0.15, 0.2) is 0 Å². The molecule has 0 spiro atoms. The Labute approximate surface area is 158 Å². The highest BCUT2D eigenvalue weighted by atomic mass is 35.5. The normalized spacial score (nSPS) is 18.8. The SMILES string of the molecule is Cc1ccccc1[C@H]1C[C@@H]1c1cc(C)n(-c2ccncc2C)c(=O)c1Cl. The van der Waals surface area contributed by atoms with Gasteiger partial charge < -0.3 is 0 Å². The number of hydrogen-bond donors (Lipinski definition) is 0. The van der Waals surface area contributed by atoms with Crippen molar-refractivity contribution in [2.75, 3.05) is 0 Å². The van der Waals surface area contributed by atoms with E-state index in [0.717, 1.165) is 28.9 Å². The Morgan fingerprint density at radius 1 is 1.04 bits per heavy atom. The Bertz CT molecular complexity index is 1050. The van der Waals surface area contributed by atoms with Crippen LogP contribution in [0.2, 0.25) is 5.02 Å². The van der Waals surface area contributed by atoms with Gasteiger partial charge in [0.05, 0.1) is 5.69 Å². The zero-order valence-corrected chi connectivity index (χ0v) is 15.9. The summed E-state index contributed by atoms with van der Waals surface area (Å²) in [6.45, 7) is 6.05. The molecule has 0 saturated heterocycles. The molecule has 4 rings (SSSR count). The molecule has 1 aliphatic carbocycles. The highest BCUT2D eigenvalue weighted by Crippen LogP contribution is 2.56. The van der Waals surface area contributed by atoms with Gasteiger partial charge in [-0.25, -0.2) is 0 Å². The van der Waals surface area contributed by atoms with Gasteiger partial charge in [-0.3, -0.25) is 14.3 Å². The van der Waals surface area contributed by atoms with Crippen LogP contribution in [0.3, 0.4) is 0 Å². The van der Waals surface area contributed by atoms with Crippen LogP contribution in [0, 0.1) is 20.8 Å². The molecule has 2 atom stereocenters. The van der Waals surface area contributed by atoms with Gasteiger partial charge >= 0.3 is 0 Å². The number of nitrogens with zero attached hydrogens (tertiary/aromatic N) is 2. The van der Waals surface area contributed by atoms with E-state index in [1.807, 2.05) is 19.9 Å².